The van der Waals surface area contributed by atoms with E-state index in [-0.39, 0.29) is 18.4 Å². The lowest BCUT2D eigenvalue weighted by Gasteiger charge is -2.40. The Morgan fingerprint density at radius 1 is 1.14 bits per heavy atom. The summed E-state index contributed by atoms with van der Waals surface area (Å²) in [5.41, 5.74) is -5.46. The minimum Gasteiger partial charge on any atom is -0.455 e. The molecule has 0 amide bonds. The Morgan fingerprint density at radius 3 is 1.86 bits per heavy atom. The molecule has 1 atom stereocenters. The number of carbonyl (C=O) groups is 1. The van der Waals surface area contributed by atoms with Crippen LogP contribution in [0.5, 0.6) is 0 Å². The normalized spacial score (nSPS) is 19.1. The molecule has 0 bridgehead atoms. The molecule has 0 aromatic heterocycles. The maximum absolute atomic E-state index is 13.0. The van der Waals surface area contributed by atoms with E-state index in [1.807, 2.05) is 0 Å². The Bertz CT molecular complexity index is 420. The SMILES string of the molecule is C=C(C)C(=O)OC(C1CCCC1)C(O)(C(F)(F)F)C(F)(F)F. The first-order valence-corrected chi connectivity index (χ1v) is 6.54. The molecule has 1 saturated carbocycles. The summed E-state index contributed by atoms with van der Waals surface area (Å²) in [5, 5.41) is 9.48. The number of aliphatic hydroxyl groups is 1. The van der Waals surface area contributed by atoms with Crippen LogP contribution < -0.4 is 0 Å². The van der Waals surface area contributed by atoms with Crippen LogP contribution in [0.25, 0.3) is 0 Å². The van der Waals surface area contributed by atoms with Gasteiger partial charge in [0.1, 0.15) is 0 Å². The van der Waals surface area contributed by atoms with Gasteiger partial charge in [-0.05, 0) is 25.7 Å². The number of hydrogen-bond donors (Lipinski definition) is 1. The lowest BCUT2D eigenvalue weighted by Crippen LogP contribution is -2.66. The predicted octanol–water partition coefficient (Wildman–Crippen LogP) is 3.52. The largest absolute Gasteiger partial charge is 0.455 e. The summed E-state index contributed by atoms with van der Waals surface area (Å²) in [6.45, 7) is 4.21. The molecule has 0 aromatic carbocycles. The van der Waals surface area contributed by atoms with Gasteiger partial charge < -0.3 is 9.84 Å². The fourth-order valence-corrected chi connectivity index (χ4v) is 2.48. The summed E-state index contributed by atoms with van der Waals surface area (Å²) in [6.07, 6.45) is -14.0. The molecule has 1 fully saturated rings. The van der Waals surface area contributed by atoms with Crippen LogP contribution in [0.2, 0.25) is 0 Å². The van der Waals surface area contributed by atoms with Crippen molar-refractivity contribution in [3.63, 3.8) is 0 Å². The summed E-state index contributed by atoms with van der Waals surface area (Å²) >= 11 is 0. The van der Waals surface area contributed by atoms with Gasteiger partial charge in [0.05, 0.1) is 0 Å². The van der Waals surface area contributed by atoms with Crippen LogP contribution >= 0.6 is 0 Å². The van der Waals surface area contributed by atoms with E-state index < -0.39 is 35.9 Å². The van der Waals surface area contributed by atoms with Crippen molar-refractivity contribution in [1.82, 2.24) is 0 Å². The molecule has 0 heterocycles. The van der Waals surface area contributed by atoms with E-state index in [1.165, 1.54) is 0 Å². The summed E-state index contributed by atoms with van der Waals surface area (Å²) in [7, 11) is 0. The molecule has 0 aromatic rings. The van der Waals surface area contributed by atoms with Crippen LogP contribution in [-0.4, -0.2) is 35.1 Å². The van der Waals surface area contributed by atoms with Crippen molar-refractivity contribution < 1.29 is 41.0 Å². The molecule has 128 valence electrons. The van der Waals surface area contributed by atoms with E-state index >= 15 is 0 Å². The minimum atomic E-state index is -6.03. The molecule has 3 nitrogen and oxygen atoms in total. The number of halogens is 6. The van der Waals surface area contributed by atoms with Crippen molar-refractivity contribution in [3.05, 3.63) is 12.2 Å². The Labute approximate surface area is 122 Å². The standard InChI is InChI=1S/C13H16F6O3/c1-7(2)10(20)22-9(8-5-3-4-6-8)11(21,12(14,15)16)13(17,18)19/h8-9,21H,1,3-6H2,2H3. The number of carbonyl (C=O) groups excluding carboxylic acids is 1. The van der Waals surface area contributed by atoms with E-state index in [4.69, 9.17) is 0 Å². The van der Waals surface area contributed by atoms with Gasteiger partial charge in [-0.1, -0.05) is 19.4 Å². The minimum absolute atomic E-state index is 0.00259. The van der Waals surface area contributed by atoms with Gasteiger partial charge in [0, 0.05) is 5.57 Å². The molecule has 9 heteroatoms. The van der Waals surface area contributed by atoms with Crippen LogP contribution in [0.3, 0.4) is 0 Å². The molecule has 1 aliphatic rings. The van der Waals surface area contributed by atoms with Crippen LogP contribution in [0.15, 0.2) is 12.2 Å². The predicted molar refractivity (Wildman–Crippen MR) is 63.7 cm³/mol. The fourth-order valence-electron chi connectivity index (χ4n) is 2.48. The Kier molecular flexibility index (Phi) is 5.21. The van der Waals surface area contributed by atoms with Gasteiger partial charge in [-0.3, -0.25) is 0 Å². The molecule has 0 spiro atoms. The van der Waals surface area contributed by atoms with Crippen molar-refractivity contribution in [1.29, 1.82) is 0 Å². The Morgan fingerprint density at radius 2 is 1.55 bits per heavy atom. The molecule has 1 unspecified atom stereocenters. The summed E-state index contributed by atoms with van der Waals surface area (Å²) in [5.74, 6) is -2.62. The van der Waals surface area contributed by atoms with Crippen molar-refractivity contribution in [3.8, 4) is 0 Å². The van der Waals surface area contributed by atoms with Crippen LogP contribution in [0.1, 0.15) is 32.6 Å². The molecular weight excluding hydrogens is 318 g/mol. The number of esters is 1. The van der Waals surface area contributed by atoms with Gasteiger partial charge in [0.25, 0.3) is 5.60 Å². The van der Waals surface area contributed by atoms with E-state index in [1.54, 1.807) is 0 Å². The molecule has 1 N–H and O–H groups in total. The maximum atomic E-state index is 13.0. The molecule has 1 aliphatic carbocycles. The Balaban J connectivity index is 3.31. The molecule has 22 heavy (non-hydrogen) atoms. The second-order valence-electron chi connectivity index (χ2n) is 5.41. The van der Waals surface area contributed by atoms with Gasteiger partial charge in [0.15, 0.2) is 6.10 Å². The van der Waals surface area contributed by atoms with Crippen molar-refractivity contribution in [2.75, 3.05) is 0 Å². The summed E-state index contributed by atoms with van der Waals surface area (Å²) < 4.78 is 82.2. The summed E-state index contributed by atoms with van der Waals surface area (Å²) in [6, 6.07) is 0. The first-order valence-electron chi connectivity index (χ1n) is 6.54. The third-order valence-electron chi connectivity index (χ3n) is 3.69. The van der Waals surface area contributed by atoms with E-state index in [9.17, 15) is 36.2 Å². The molecule has 0 aliphatic heterocycles. The third-order valence-corrected chi connectivity index (χ3v) is 3.69. The van der Waals surface area contributed by atoms with E-state index in [0.717, 1.165) is 6.92 Å². The number of alkyl halides is 6. The smallest absolute Gasteiger partial charge is 0.430 e. The highest BCUT2D eigenvalue weighted by atomic mass is 19.4. The zero-order valence-corrected chi connectivity index (χ0v) is 11.7. The van der Waals surface area contributed by atoms with Gasteiger partial charge in [-0.2, -0.15) is 26.3 Å². The first-order chi connectivity index (χ1) is 9.82. The average molecular weight is 334 g/mol. The third kappa shape index (κ3) is 3.39. The number of ether oxygens (including phenoxy) is 1. The molecule has 1 rings (SSSR count). The lowest BCUT2D eigenvalue weighted by atomic mass is 9.84. The average Bonchev–Trinajstić information content (AvgIpc) is 2.85. The summed E-state index contributed by atoms with van der Waals surface area (Å²) in [4.78, 5) is 11.4. The second-order valence-corrected chi connectivity index (χ2v) is 5.41. The zero-order chi connectivity index (χ0) is 17.3. The monoisotopic (exact) mass is 334 g/mol. The number of rotatable bonds is 4. The van der Waals surface area contributed by atoms with Gasteiger partial charge in [0.2, 0.25) is 0 Å². The quantitative estimate of drug-likeness (QED) is 0.486. The molecule has 0 radical (unpaired) electrons. The van der Waals surface area contributed by atoms with Gasteiger partial charge in [-0.25, -0.2) is 4.79 Å². The molecular formula is C13H16F6O3. The van der Waals surface area contributed by atoms with Crippen LogP contribution in [-0.2, 0) is 9.53 Å². The Hall–Kier alpha value is -1.25. The zero-order valence-electron chi connectivity index (χ0n) is 11.7. The fraction of sp³-hybridized carbons (Fsp3) is 0.769. The topological polar surface area (TPSA) is 46.5 Å². The second kappa shape index (κ2) is 6.10. The van der Waals surface area contributed by atoms with Crippen LogP contribution in [0, 0.1) is 5.92 Å². The van der Waals surface area contributed by atoms with Crippen molar-refractivity contribution in [2.45, 2.75) is 56.7 Å². The highest BCUT2D eigenvalue weighted by molar-refractivity contribution is 5.87. The van der Waals surface area contributed by atoms with Crippen molar-refractivity contribution >= 4 is 5.97 Å². The van der Waals surface area contributed by atoms with Crippen molar-refractivity contribution in [2.24, 2.45) is 5.92 Å². The highest BCUT2D eigenvalue weighted by Crippen LogP contribution is 2.50. The maximum Gasteiger partial charge on any atom is 0.430 e. The van der Waals surface area contributed by atoms with E-state index in [2.05, 4.69) is 11.3 Å². The highest BCUT2D eigenvalue weighted by Gasteiger charge is 2.76. The first kappa shape index (κ1) is 18.8. The van der Waals surface area contributed by atoms with Gasteiger partial charge in [-0.15, -0.1) is 0 Å². The van der Waals surface area contributed by atoms with Crippen LogP contribution in [0.4, 0.5) is 26.3 Å². The lowest BCUT2D eigenvalue weighted by molar-refractivity contribution is -0.395. The van der Waals surface area contributed by atoms with Gasteiger partial charge >= 0.3 is 18.3 Å². The number of hydrogen-bond acceptors (Lipinski definition) is 3. The molecule has 0 saturated heterocycles. The van der Waals surface area contributed by atoms with E-state index in [0.29, 0.717) is 12.8 Å².